The number of nitrogens with one attached hydrogen (secondary N) is 1. The summed E-state index contributed by atoms with van der Waals surface area (Å²) in [4.78, 5) is 44.2. The number of nitrogens with zero attached hydrogens (tertiary/aromatic N) is 1. The quantitative estimate of drug-likeness (QED) is 0.587. The maximum Gasteiger partial charge on any atom is 0.272 e. The van der Waals surface area contributed by atoms with E-state index in [2.05, 4.69) is 5.32 Å². The van der Waals surface area contributed by atoms with E-state index >= 15 is 0 Å². The summed E-state index contributed by atoms with van der Waals surface area (Å²) in [5, 5.41) is 35.0. The number of anilines is 1. The van der Waals surface area contributed by atoms with Gasteiger partial charge >= 0.3 is 0 Å². The van der Waals surface area contributed by atoms with Crippen LogP contribution in [0.4, 0.5) is 11.4 Å². The highest BCUT2D eigenvalue weighted by atomic mass is 16.6. The first-order valence-electron chi connectivity index (χ1n) is 6.83. The van der Waals surface area contributed by atoms with Crippen molar-refractivity contribution < 1.29 is 29.5 Å². The molecule has 2 aromatic rings. The number of carboxylic acids is 2. The minimum absolute atomic E-state index is 0.0805. The van der Waals surface area contributed by atoms with Gasteiger partial charge in [0.1, 0.15) is 0 Å². The van der Waals surface area contributed by atoms with Crippen LogP contribution in [0.25, 0.3) is 0 Å². The molecule has 0 radical (unpaired) electrons. The number of amides is 1. The van der Waals surface area contributed by atoms with E-state index in [1.54, 1.807) is 0 Å². The zero-order chi connectivity index (χ0) is 18.7. The highest BCUT2D eigenvalue weighted by Crippen LogP contribution is 2.20. The Bertz CT molecular complexity index is 873. The van der Waals surface area contributed by atoms with Crippen LogP contribution >= 0.6 is 0 Å². The normalized spacial score (nSPS) is 10.1. The predicted octanol–water partition coefficient (Wildman–Crippen LogP) is -0.117. The number of benzene rings is 2. The van der Waals surface area contributed by atoms with Crippen molar-refractivity contribution in [1.82, 2.24) is 0 Å². The fourth-order valence-electron chi connectivity index (χ4n) is 2.14. The van der Waals surface area contributed by atoms with Gasteiger partial charge in [-0.15, -0.1) is 0 Å². The summed E-state index contributed by atoms with van der Waals surface area (Å²) in [6.07, 6.45) is 0. The first-order chi connectivity index (χ1) is 11.7. The largest absolute Gasteiger partial charge is 0.545 e. The lowest BCUT2D eigenvalue weighted by Gasteiger charge is -2.12. The first-order valence-corrected chi connectivity index (χ1v) is 6.83. The number of carbonyl (C=O) groups is 3. The monoisotopic (exact) mass is 342 g/mol. The molecule has 0 aromatic heterocycles. The van der Waals surface area contributed by atoms with Crippen molar-refractivity contribution >= 4 is 29.2 Å². The molecule has 0 atom stereocenters. The molecule has 2 rings (SSSR count). The van der Waals surface area contributed by atoms with Gasteiger partial charge in [-0.25, -0.2) is 0 Å². The van der Waals surface area contributed by atoms with Crippen molar-refractivity contribution in [3.8, 4) is 0 Å². The third-order valence-corrected chi connectivity index (χ3v) is 3.32. The van der Waals surface area contributed by atoms with Crippen molar-refractivity contribution in [2.45, 2.75) is 6.92 Å². The van der Waals surface area contributed by atoms with Crippen LogP contribution in [0.5, 0.6) is 0 Å². The van der Waals surface area contributed by atoms with Crippen LogP contribution in [0.3, 0.4) is 0 Å². The predicted molar refractivity (Wildman–Crippen MR) is 80.9 cm³/mol. The number of hydrogen-bond donors (Lipinski definition) is 1. The fraction of sp³-hybridized carbons (Fsp3) is 0.0625. The van der Waals surface area contributed by atoms with Crippen molar-refractivity contribution in [2.75, 3.05) is 5.32 Å². The zero-order valence-corrected chi connectivity index (χ0v) is 12.8. The Morgan fingerprint density at radius 3 is 1.92 bits per heavy atom. The van der Waals surface area contributed by atoms with Gasteiger partial charge in [0.05, 0.1) is 16.9 Å². The summed E-state index contributed by atoms with van der Waals surface area (Å²) in [5.74, 6) is -3.94. The van der Waals surface area contributed by atoms with Crippen LogP contribution < -0.4 is 15.5 Å². The van der Waals surface area contributed by atoms with Crippen molar-refractivity contribution in [3.05, 3.63) is 68.8 Å². The summed E-state index contributed by atoms with van der Waals surface area (Å²) >= 11 is 0. The summed E-state index contributed by atoms with van der Waals surface area (Å²) in [5.41, 5.74) is -0.807. The maximum absolute atomic E-state index is 12.2. The van der Waals surface area contributed by atoms with Gasteiger partial charge in [0.2, 0.25) is 0 Å². The molecule has 0 unspecified atom stereocenters. The molecule has 128 valence electrons. The molecule has 0 saturated heterocycles. The molecule has 9 heteroatoms. The van der Waals surface area contributed by atoms with Gasteiger partial charge in [0.25, 0.3) is 11.6 Å². The minimum atomic E-state index is -1.62. The number of carboxylic acid groups (broad SMARTS) is 2. The lowest BCUT2D eigenvalue weighted by molar-refractivity contribution is -0.385. The Morgan fingerprint density at radius 1 is 0.920 bits per heavy atom. The maximum atomic E-state index is 12.2. The minimum Gasteiger partial charge on any atom is -0.545 e. The molecule has 25 heavy (non-hydrogen) atoms. The Balaban J connectivity index is 2.34. The molecular weight excluding hydrogens is 332 g/mol. The number of nitro benzene ring substituents is 1. The van der Waals surface area contributed by atoms with Crippen molar-refractivity contribution in [3.63, 3.8) is 0 Å². The van der Waals surface area contributed by atoms with Crippen molar-refractivity contribution in [1.29, 1.82) is 0 Å². The standard InChI is InChI=1S/C16H12N2O7/c1-8-4-9(2-3-13(8)18(24)25)14(19)17-12-6-10(15(20)21)5-11(7-12)16(22)23/h2-7H,1H3,(H,17,19)(H,20,21)(H,22,23)/p-2. The Labute approximate surface area is 140 Å². The average Bonchev–Trinajstić information content (AvgIpc) is 2.53. The van der Waals surface area contributed by atoms with Crippen LogP contribution in [0.15, 0.2) is 36.4 Å². The summed E-state index contributed by atoms with van der Waals surface area (Å²) in [6, 6.07) is 6.57. The number of nitro groups is 1. The molecule has 0 aliphatic heterocycles. The molecule has 0 aliphatic carbocycles. The van der Waals surface area contributed by atoms with Crippen LogP contribution in [-0.2, 0) is 0 Å². The van der Waals surface area contributed by atoms with E-state index in [4.69, 9.17) is 0 Å². The lowest BCUT2D eigenvalue weighted by atomic mass is 10.1. The smallest absolute Gasteiger partial charge is 0.272 e. The van der Waals surface area contributed by atoms with Gasteiger partial charge in [-0.3, -0.25) is 14.9 Å². The molecular formula is C16H10N2O7-2. The summed E-state index contributed by atoms with van der Waals surface area (Å²) in [7, 11) is 0. The molecule has 0 heterocycles. The molecule has 1 N–H and O–H groups in total. The molecule has 0 saturated carbocycles. The second kappa shape index (κ2) is 6.79. The number of hydrogen-bond acceptors (Lipinski definition) is 7. The second-order valence-electron chi connectivity index (χ2n) is 5.09. The zero-order valence-electron chi connectivity index (χ0n) is 12.8. The van der Waals surface area contributed by atoms with E-state index in [1.807, 2.05) is 0 Å². The number of aryl methyl sites for hydroxylation is 1. The fourth-order valence-corrected chi connectivity index (χ4v) is 2.14. The number of rotatable bonds is 5. The van der Waals surface area contributed by atoms with E-state index in [0.29, 0.717) is 0 Å². The SMILES string of the molecule is Cc1cc(C(=O)Nc2cc(C(=O)[O-])cc(C(=O)[O-])c2)ccc1[N+](=O)[O-]. The average molecular weight is 342 g/mol. The van der Waals surface area contributed by atoms with Crippen LogP contribution in [0.2, 0.25) is 0 Å². The van der Waals surface area contributed by atoms with Crippen LogP contribution in [0, 0.1) is 17.0 Å². The number of carbonyl (C=O) groups excluding carboxylic acids is 3. The van der Waals surface area contributed by atoms with E-state index in [9.17, 15) is 34.7 Å². The Hall–Kier alpha value is -3.75. The molecule has 1 amide bonds. The molecule has 9 nitrogen and oxygen atoms in total. The molecule has 0 aliphatic rings. The van der Waals surface area contributed by atoms with Crippen molar-refractivity contribution in [2.24, 2.45) is 0 Å². The van der Waals surface area contributed by atoms with Gasteiger partial charge < -0.3 is 25.1 Å². The Morgan fingerprint density at radius 2 is 1.48 bits per heavy atom. The van der Waals surface area contributed by atoms with Gasteiger partial charge in [0.15, 0.2) is 0 Å². The summed E-state index contributed by atoms with van der Waals surface area (Å²) in [6.45, 7) is 1.46. The van der Waals surface area contributed by atoms with E-state index in [0.717, 1.165) is 24.3 Å². The van der Waals surface area contributed by atoms with Gasteiger partial charge in [-0.2, -0.15) is 0 Å². The highest BCUT2D eigenvalue weighted by Gasteiger charge is 2.14. The van der Waals surface area contributed by atoms with E-state index in [-0.39, 0.29) is 22.5 Å². The number of aromatic carboxylic acids is 2. The van der Waals surface area contributed by atoms with E-state index in [1.165, 1.54) is 19.1 Å². The second-order valence-corrected chi connectivity index (χ2v) is 5.09. The molecule has 0 fully saturated rings. The lowest BCUT2D eigenvalue weighted by Crippen LogP contribution is -2.26. The molecule has 0 spiro atoms. The van der Waals surface area contributed by atoms with Crippen LogP contribution in [-0.4, -0.2) is 22.8 Å². The summed E-state index contributed by atoms with van der Waals surface area (Å²) < 4.78 is 0. The first kappa shape index (κ1) is 17.6. The molecule has 2 aromatic carbocycles. The van der Waals surface area contributed by atoms with Gasteiger partial charge in [-0.1, -0.05) is 0 Å². The third kappa shape index (κ3) is 3.96. The molecule has 0 bridgehead atoms. The van der Waals surface area contributed by atoms with E-state index < -0.39 is 33.9 Å². The third-order valence-electron chi connectivity index (χ3n) is 3.32. The topological polar surface area (TPSA) is 153 Å². The van der Waals surface area contributed by atoms with Crippen LogP contribution in [0.1, 0.15) is 36.6 Å². The Kier molecular flexibility index (Phi) is 4.78. The van der Waals surface area contributed by atoms with Gasteiger partial charge in [-0.05, 0) is 48.4 Å². The highest BCUT2D eigenvalue weighted by molar-refractivity contribution is 6.05. The van der Waals surface area contributed by atoms with Gasteiger partial charge in [0, 0.05) is 22.9 Å².